The molecule has 0 N–H and O–H groups in total. The molecule has 1 amide bonds. The number of benzene rings is 2. The Morgan fingerprint density at radius 3 is 2.42 bits per heavy atom. The highest BCUT2D eigenvalue weighted by Crippen LogP contribution is 2.36. The number of pyridine rings is 1. The largest absolute Gasteiger partial charge is 0.341 e. The van der Waals surface area contributed by atoms with Crippen LogP contribution in [0.25, 0.3) is 11.1 Å². The number of nitrogens with zero attached hydrogens (tertiary/aromatic N) is 2. The molecule has 1 aliphatic carbocycles. The average molecular weight is 342 g/mol. The molecule has 128 valence electrons. The van der Waals surface area contributed by atoms with Crippen molar-refractivity contribution in [1.82, 2.24) is 9.88 Å². The van der Waals surface area contributed by atoms with E-state index in [1.165, 1.54) is 0 Å². The van der Waals surface area contributed by atoms with E-state index in [1.54, 1.807) is 30.3 Å². The first-order valence-corrected chi connectivity index (χ1v) is 8.58. The predicted molar refractivity (Wildman–Crippen MR) is 100 cm³/mol. The average Bonchev–Trinajstić information content (AvgIpc) is 2.98. The Bertz CT molecular complexity index is 996. The van der Waals surface area contributed by atoms with Gasteiger partial charge in [-0.15, -0.1) is 0 Å². The van der Waals surface area contributed by atoms with Gasteiger partial charge >= 0.3 is 0 Å². The van der Waals surface area contributed by atoms with Crippen LogP contribution < -0.4 is 0 Å². The maximum Gasteiger partial charge on any atom is 0.253 e. The third-order valence-electron chi connectivity index (χ3n) is 4.75. The van der Waals surface area contributed by atoms with E-state index >= 15 is 0 Å². The summed E-state index contributed by atoms with van der Waals surface area (Å²) in [4.78, 5) is 31.3. The number of rotatable bonds is 4. The van der Waals surface area contributed by atoms with Gasteiger partial charge in [0.1, 0.15) is 0 Å². The van der Waals surface area contributed by atoms with Crippen molar-refractivity contribution >= 4 is 11.7 Å². The summed E-state index contributed by atoms with van der Waals surface area (Å²) in [5.74, 6) is -0.103. The van der Waals surface area contributed by atoms with Gasteiger partial charge in [0, 0.05) is 48.6 Å². The Morgan fingerprint density at radius 1 is 0.923 bits per heavy atom. The number of aromatic nitrogens is 1. The standard InChI is InChI=1S/C22H18N2O2/c1-24(13-11-16-6-4-5-12-23-16)22(26)15-9-10-18-17-7-2-3-8-19(17)21(25)20(18)14-15/h2-10,12,14H,11,13H2,1H3. The zero-order valence-electron chi connectivity index (χ0n) is 14.5. The molecule has 0 fully saturated rings. The monoisotopic (exact) mass is 342 g/mol. The van der Waals surface area contributed by atoms with E-state index < -0.39 is 0 Å². The van der Waals surface area contributed by atoms with Gasteiger partial charge < -0.3 is 4.90 Å². The predicted octanol–water partition coefficient (Wildman–Crippen LogP) is 3.61. The lowest BCUT2D eigenvalue weighted by molar-refractivity contribution is 0.0796. The number of amides is 1. The molecule has 1 aromatic heterocycles. The van der Waals surface area contributed by atoms with Gasteiger partial charge in [0.2, 0.25) is 0 Å². The summed E-state index contributed by atoms with van der Waals surface area (Å²) in [5, 5.41) is 0. The normalized spacial score (nSPS) is 11.8. The SMILES string of the molecule is CN(CCc1ccccn1)C(=O)c1ccc2c(c1)C(=O)c1ccccc1-2. The second-order valence-corrected chi connectivity index (χ2v) is 6.43. The quantitative estimate of drug-likeness (QED) is 0.569. The highest BCUT2D eigenvalue weighted by atomic mass is 16.2. The maximum atomic E-state index is 12.7. The summed E-state index contributed by atoms with van der Waals surface area (Å²) < 4.78 is 0. The molecule has 3 aromatic rings. The molecule has 4 rings (SSSR count). The van der Waals surface area contributed by atoms with Crippen molar-refractivity contribution in [2.45, 2.75) is 6.42 Å². The van der Waals surface area contributed by atoms with Crippen molar-refractivity contribution in [3.63, 3.8) is 0 Å². The van der Waals surface area contributed by atoms with E-state index in [2.05, 4.69) is 4.98 Å². The van der Waals surface area contributed by atoms with Crippen LogP contribution in [0.1, 0.15) is 32.0 Å². The molecule has 0 spiro atoms. The van der Waals surface area contributed by atoms with Gasteiger partial charge in [-0.05, 0) is 35.4 Å². The van der Waals surface area contributed by atoms with Crippen LogP contribution in [-0.2, 0) is 6.42 Å². The minimum Gasteiger partial charge on any atom is -0.341 e. The summed E-state index contributed by atoms with van der Waals surface area (Å²) in [5.41, 5.74) is 4.64. The summed E-state index contributed by atoms with van der Waals surface area (Å²) in [6.45, 7) is 0.571. The summed E-state index contributed by atoms with van der Waals surface area (Å²) >= 11 is 0. The number of fused-ring (bicyclic) bond motifs is 3. The van der Waals surface area contributed by atoms with E-state index in [0.717, 1.165) is 16.8 Å². The van der Waals surface area contributed by atoms with E-state index in [-0.39, 0.29) is 11.7 Å². The van der Waals surface area contributed by atoms with Crippen LogP contribution in [0.4, 0.5) is 0 Å². The zero-order chi connectivity index (χ0) is 18.1. The van der Waals surface area contributed by atoms with E-state index in [9.17, 15) is 9.59 Å². The number of hydrogen-bond acceptors (Lipinski definition) is 3. The Labute approximate surface area is 152 Å². The Hall–Kier alpha value is -3.27. The van der Waals surface area contributed by atoms with Crippen LogP contribution in [0, 0.1) is 0 Å². The van der Waals surface area contributed by atoms with Crippen LogP contribution >= 0.6 is 0 Å². The van der Waals surface area contributed by atoms with Crippen LogP contribution in [0.2, 0.25) is 0 Å². The number of hydrogen-bond donors (Lipinski definition) is 0. The number of carbonyl (C=O) groups is 2. The van der Waals surface area contributed by atoms with Gasteiger partial charge in [-0.25, -0.2) is 0 Å². The van der Waals surface area contributed by atoms with Crippen molar-refractivity contribution in [2.24, 2.45) is 0 Å². The Kier molecular flexibility index (Phi) is 4.09. The molecule has 4 nitrogen and oxygen atoms in total. The molecule has 4 heteroatoms. The number of carbonyl (C=O) groups excluding carboxylic acids is 2. The summed E-state index contributed by atoms with van der Waals surface area (Å²) in [6.07, 6.45) is 2.44. The van der Waals surface area contributed by atoms with Gasteiger partial charge in [-0.2, -0.15) is 0 Å². The van der Waals surface area contributed by atoms with Crippen LogP contribution in [-0.4, -0.2) is 35.2 Å². The van der Waals surface area contributed by atoms with Crippen molar-refractivity contribution < 1.29 is 9.59 Å². The molecule has 0 saturated heterocycles. The molecule has 1 aliphatic rings. The minimum absolute atomic E-state index is 0.0126. The van der Waals surface area contributed by atoms with E-state index in [0.29, 0.717) is 29.7 Å². The fourth-order valence-electron chi connectivity index (χ4n) is 3.31. The van der Waals surface area contributed by atoms with E-state index in [1.807, 2.05) is 48.5 Å². The maximum absolute atomic E-state index is 12.7. The smallest absolute Gasteiger partial charge is 0.253 e. The molecule has 0 aliphatic heterocycles. The van der Waals surface area contributed by atoms with E-state index in [4.69, 9.17) is 0 Å². The molecule has 0 saturated carbocycles. The van der Waals surface area contributed by atoms with Crippen molar-refractivity contribution in [3.8, 4) is 11.1 Å². The molecule has 0 bridgehead atoms. The van der Waals surface area contributed by atoms with Crippen molar-refractivity contribution in [3.05, 3.63) is 89.2 Å². The topological polar surface area (TPSA) is 50.3 Å². The van der Waals surface area contributed by atoms with Crippen molar-refractivity contribution in [2.75, 3.05) is 13.6 Å². The number of likely N-dealkylation sites (N-methyl/N-ethyl adjacent to an activating group) is 1. The first kappa shape index (κ1) is 16.2. The Balaban J connectivity index is 1.54. The zero-order valence-corrected chi connectivity index (χ0v) is 14.5. The lowest BCUT2D eigenvalue weighted by Crippen LogP contribution is -2.29. The lowest BCUT2D eigenvalue weighted by atomic mass is 10.0. The fraction of sp³-hybridized carbons (Fsp3) is 0.136. The summed E-state index contributed by atoms with van der Waals surface area (Å²) in [6, 6.07) is 18.7. The Morgan fingerprint density at radius 2 is 1.65 bits per heavy atom. The van der Waals surface area contributed by atoms with Crippen LogP contribution in [0.15, 0.2) is 66.9 Å². The molecule has 0 radical (unpaired) electrons. The molecule has 0 atom stereocenters. The van der Waals surface area contributed by atoms with Gasteiger partial charge in [0.25, 0.3) is 5.91 Å². The highest BCUT2D eigenvalue weighted by molar-refractivity contribution is 6.22. The number of ketones is 1. The van der Waals surface area contributed by atoms with Crippen LogP contribution in [0.5, 0.6) is 0 Å². The van der Waals surface area contributed by atoms with Crippen LogP contribution in [0.3, 0.4) is 0 Å². The molecule has 26 heavy (non-hydrogen) atoms. The fourth-order valence-corrected chi connectivity index (χ4v) is 3.31. The molecule has 1 heterocycles. The van der Waals surface area contributed by atoms with Gasteiger partial charge in [-0.1, -0.05) is 36.4 Å². The molecule has 2 aromatic carbocycles. The lowest BCUT2D eigenvalue weighted by Gasteiger charge is -2.17. The first-order chi connectivity index (χ1) is 12.6. The molecular weight excluding hydrogens is 324 g/mol. The second kappa shape index (κ2) is 6.56. The van der Waals surface area contributed by atoms with Gasteiger partial charge in [0.15, 0.2) is 5.78 Å². The summed E-state index contributed by atoms with van der Waals surface area (Å²) in [7, 11) is 1.77. The third kappa shape index (κ3) is 2.80. The minimum atomic E-state index is -0.0903. The molecular formula is C22H18N2O2. The second-order valence-electron chi connectivity index (χ2n) is 6.43. The molecule has 0 unspecified atom stereocenters. The third-order valence-corrected chi connectivity index (χ3v) is 4.75. The van der Waals surface area contributed by atoms with Crippen molar-refractivity contribution in [1.29, 1.82) is 0 Å². The van der Waals surface area contributed by atoms with Gasteiger partial charge in [0.05, 0.1) is 0 Å². The van der Waals surface area contributed by atoms with Gasteiger partial charge in [-0.3, -0.25) is 14.6 Å². The highest BCUT2D eigenvalue weighted by Gasteiger charge is 2.27. The first-order valence-electron chi connectivity index (χ1n) is 8.58.